The molecule has 13 heavy (non-hydrogen) atoms. The Morgan fingerprint density at radius 3 is 3.00 bits per heavy atom. The fourth-order valence-electron chi connectivity index (χ4n) is 1.50. The van der Waals surface area contributed by atoms with Gasteiger partial charge in [0.1, 0.15) is 12.6 Å². The van der Waals surface area contributed by atoms with E-state index in [2.05, 4.69) is 10.4 Å². The van der Waals surface area contributed by atoms with Gasteiger partial charge in [0.2, 0.25) is 0 Å². The number of carbonyl (C=O) groups excluding carboxylic acids is 1. The number of carbonyl (C=O) groups is 1. The molecule has 2 rings (SSSR count). The molecule has 0 aromatic carbocycles. The first-order chi connectivity index (χ1) is 6.16. The zero-order chi connectivity index (χ0) is 9.42. The van der Waals surface area contributed by atoms with E-state index in [-0.39, 0.29) is 12.1 Å². The molecular weight excluding hydrogens is 170 g/mol. The molecule has 0 aliphatic carbocycles. The van der Waals surface area contributed by atoms with Gasteiger partial charge in [-0.15, -0.1) is 0 Å². The van der Waals surface area contributed by atoms with Crippen LogP contribution in [0.5, 0.6) is 0 Å². The van der Waals surface area contributed by atoms with Gasteiger partial charge in [-0.2, -0.15) is 5.10 Å². The zero-order valence-electron chi connectivity index (χ0n) is 7.57. The zero-order valence-corrected chi connectivity index (χ0v) is 7.57. The highest BCUT2D eigenvalue weighted by atomic mass is 16.6. The molecule has 5 heteroatoms. The maximum Gasteiger partial charge on any atom is 0.407 e. The SMILES string of the molecule is Cc1cn(C)nc1C1COC(=O)N1. The maximum absolute atomic E-state index is 10.8. The van der Waals surface area contributed by atoms with Gasteiger partial charge in [-0.05, 0) is 12.5 Å². The van der Waals surface area contributed by atoms with Crippen molar-refractivity contribution in [2.24, 2.45) is 7.05 Å². The Hall–Kier alpha value is -1.52. The summed E-state index contributed by atoms with van der Waals surface area (Å²) in [6, 6.07) is -0.0892. The highest BCUT2D eigenvalue weighted by Gasteiger charge is 2.26. The van der Waals surface area contributed by atoms with E-state index in [4.69, 9.17) is 4.74 Å². The quantitative estimate of drug-likeness (QED) is 0.686. The first kappa shape index (κ1) is 8.10. The van der Waals surface area contributed by atoms with E-state index < -0.39 is 0 Å². The molecule has 1 fully saturated rings. The summed E-state index contributed by atoms with van der Waals surface area (Å²) in [6.45, 7) is 2.34. The lowest BCUT2D eigenvalue weighted by Crippen LogP contribution is -2.19. The predicted molar refractivity (Wildman–Crippen MR) is 45.2 cm³/mol. The summed E-state index contributed by atoms with van der Waals surface area (Å²) in [5.41, 5.74) is 1.95. The normalized spacial score (nSPS) is 21.4. The highest BCUT2D eigenvalue weighted by Crippen LogP contribution is 2.19. The van der Waals surface area contributed by atoms with Gasteiger partial charge in [0.05, 0.1) is 5.69 Å². The minimum absolute atomic E-state index is 0.0892. The summed E-state index contributed by atoms with van der Waals surface area (Å²) in [4.78, 5) is 10.8. The molecule has 1 amide bonds. The summed E-state index contributed by atoms with van der Waals surface area (Å²) in [5, 5.41) is 6.94. The molecule has 1 aromatic rings. The lowest BCUT2D eigenvalue weighted by Gasteiger charge is -2.03. The second-order valence-electron chi connectivity index (χ2n) is 3.17. The maximum atomic E-state index is 10.8. The summed E-state index contributed by atoms with van der Waals surface area (Å²) in [5.74, 6) is 0. The number of aryl methyl sites for hydroxylation is 2. The fraction of sp³-hybridized carbons (Fsp3) is 0.500. The molecule has 5 nitrogen and oxygen atoms in total. The number of aromatic nitrogens is 2. The van der Waals surface area contributed by atoms with Crippen LogP contribution < -0.4 is 5.32 Å². The van der Waals surface area contributed by atoms with E-state index in [1.807, 2.05) is 20.2 Å². The van der Waals surface area contributed by atoms with E-state index >= 15 is 0 Å². The Bertz CT molecular complexity index is 345. The molecule has 0 saturated carbocycles. The summed E-state index contributed by atoms with van der Waals surface area (Å²) < 4.78 is 6.52. The van der Waals surface area contributed by atoms with Gasteiger partial charge >= 0.3 is 6.09 Å². The van der Waals surface area contributed by atoms with Crippen LogP contribution in [0.4, 0.5) is 4.79 Å². The highest BCUT2D eigenvalue weighted by molar-refractivity contribution is 5.70. The molecule has 0 bridgehead atoms. The average Bonchev–Trinajstić information content (AvgIpc) is 2.58. The van der Waals surface area contributed by atoms with Gasteiger partial charge in [0, 0.05) is 13.2 Å². The smallest absolute Gasteiger partial charge is 0.407 e. The third-order valence-corrected chi connectivity index (χ3v) is 2.05. The summed E-state index contributed by atoms with van der Waals surface area (Å²) in [6.07, 6.45) is 1.55. The van der Waals surface area contributed by atoms with Crippen LogP contribution in [0, 0.1) is 6.92 Å². The van der Waals surface area contributed by atoms with Crippen molar-refractivity contribution in [2.75, 3.05) is 6.61 Å². The van der Waals surface area contributed by atoms with Crippen LogP contribution in [0.15, 0.2) is 6.20 Å². The molecule has 70 valence electrons. The molecule has 1 saturated heterocycles. The van der Waals surface area contributed by atoms with Gasteiger partial charge in [-0.3, -0.25) is 4.68 Å². The number of rotatable bonds is 1. The molecule has 1 aliphatic heterocycles. The molecule has 0 spiro atoms. The number of hydrogen-bond acceptors (Lipinski definition) is 3. The Labute approximate surface area is 75.7 Å². The summed E-state index contributed by atoms with van der Waals surface area (Å²) >= 11 is 0. The lowest BCUT2D eigenvalue weighted by atomic mass is 10.1. The number of alkyl carbamates (subject to hydrolysis) is 1. The number of nitrogens with one attached hydrogen (secondary N) is 1. The van der Waals surface area contributed by atoms with Crippen molar-refractivity contribution < 1.29 is 9.53 Å². The fourth-order valence-corrected chi connectivity index (χ4v) is 1.50. The van der Waals surface area contributed by atoms with Crippen molar-refractivity contribution in [2.45, 2.75) is 13.0 Å². The second-order valence-corrected chi connectivity index (χ2v) is 3.17. The monoisotopic (exact) mass is 181 g/mol. The number of cyclic esters (lactones) is 1. The Morgan fingerprint density at radius 1 is 1.77 bits per heavy atom. The van der Waals surface area contributed by atoms with E-state index in [0.717, 1.165) is 11.3 Å². The standard InChI is InChI=1S/C8H11N3O2/c1-5-3-11(2)10-7(5)6-4-13-8(12)9-6/h3,6H,4H2,1-2H3,(H,9,12). The van der Waals surface area contributed by atoms with Crippen molar-refractivity contribution >= 4 is 6.09 Å². The average molecular weight is 181 g/mol. The van der Waals surface area contributed by atoms with Gasteiger partial charge in [0.25, 0.3) is 0 Å². The first-order valence-electron chi connectivity index (χ1n) is 4.10. The number of hydrogen-bond donors (Lipinski definition) is 1. The molecule has 1 unspecified atom stereocenters. The molecular formula is C8H11N3O2. The van der Waals surface area contributed by atoms with Gasteiger partial charge in [-0.25, -0.2) is 4.79 Å². The molecule has 1 aromatic heterocycles. The van der Waals surface area contributed by atoms with E-state index in [0.29, 0.717) is 6.61 Å². The number of nitrogens with zero attached hydrogens (tertiary/aromatic N) is 2. The van der Waals surface area contributed by atoms with Crippen LogP contribution in [0.2, 0.25) is 0 Å². The molecule has 0 radical (unpaired) electrons. The van der Waals surface area contributed by atoms with Crippen LogP contribution in [-0.2, 0) is 11.8 Å². The topological polar surface area (TPSA) is 56.2 Å². The summed E-state index contributed by atoms with van der Waals surface area (Å²) in [7, 11) is 1.86. The van der Waals surface area contributed by atoms with E-state index in [1.54, 1.807) is 4.68 Å². The molecule has 1 N–H and O–H groups in total. The van der Waals surface area contributed by atoms with E-state index in [1.165, 1.54) is 0 Å². The molecule has 1 atom stereocenters. The van der Waals surface area contributed by atoms with Crippen LogP contribution in [0.3, 0.4) is 0 Å². The van der Waals surface area contributed by atoms with Crippen molar-refractivity contribution in [3.05, 3.63) is 17.5 Å². The molecule has 2 heterocycles. The van der Waals surface area contributed by atoms with Crippen LogP contribution in [0.1, 0.15) is 17.3 Å². The first-order valence-corrected chi connectivity index (χ1v) is 4.10. The number of ether oxygens (including phenoxy) is 1. The Kier molecular flexibility index (Phi) is 1.72. The Morgan fingerprint density at radius 2 is 2.54 bits per heavy atom. The predicted octanol–water partition coefficient (Wildman–Crippen LogP) is 0.509. The van der Waals surface area contributed by atoms with Crippen LogP contribution in [0.25, 0.3) is 0 Å². The molecule has 1 aliphatic rings. The van der Waals surface area contributed by atoms with Crippen LogP contribution >= 0.6 is 0 Å². The van der Waals surface area contributed by atoms with Crippen LogP contribution in [-0.4, -0.2) is 22.5 Å². The third kappa shape index (κ3) is 1.37. The second kappa shape index (κ2) is 2.76. The minimum atomic E-state index is -0.366. The van der Waals surface area contributed by atoms with Crippen molar-refractivity contribution in [1.29, 1.82) is 0 Å². The van der Waals surface area contributed by atoms with E-state index in [9.17, 15) is 4.79 Å². The Balaban J connectivity index is 2.25. The lowest BCUT2D eigenvalue weighted by molar-refractivity contribution is 0.176. The minimum Gasteiger partial charge on any atom is -0.447 e. The largest absolute Gasteiger partial charge is 0.447 e. The van der Waals surface area contributed by atoms with Crippen molar-refractivity contribution in [3.63, 3.8) is 0 Å². The van der Waals surface area contributed by atoms with Crippen molar-refractivity contribution in [1.82, 2.24) is 15.1 Å². The van der Waals surface area contributed by atoms with Gasteiger partial charge < -0.3 is 10.1 Å². The van der Waals surface area contributed by atoms with Gasteiger partial charge in [-0.1, -0.05) is 0 Å². The number of amides is 1. The third-order valence-electron chi connectivity index (χ3n) is 2.05. The van der Waals surface area contributed by atoms with Crippen molar-refractivity contribution in [3.8, 4) is 0 Å². The van der Waals surface area contributed by atoms with Gasteiger partial charge in [0.15, 0.2) is 0 Å².